The fraction of sp³-hybridized carbons (Fsp3) is 0.0769. The van der Waals surface area contributed by atoms with Gasteiger partial charge in [0.1, 0.15) is 5.75 Å². The van der Waals surface area contributed by atoms with Crippen LogP contribution in [0.15, 0.2) is 48.5 Å². The summed E-state index contributed by atoms with van der Waals surface area (Å²) in [6.07, 6.45) is 0. The lowest BCUT2D eigenvalue weighted by atomic mass is 10.0. The average molecular weight is 199 g/mol. The first-order chi connectivity index (χ1) is 7.31. The van der Waals surface area contributed by atoms with Crippen molar-refractivity contribution in [2.24, 2.45) is 5.73 Å². The number of rotatable bonds is 2. The van der Waals surface area contributed by atoms with E-state index in [9.17, 15) is 5.11 Å². The second-order valence-corrected chi connectivity index (χ2v) is 3.42. The number of phenols is 1. The Hall–Kier alpha value is -1.80. The van der Waals surface area contributed by atoms with Gasteiger partial charge in [-0.1, -0.05) is 36.4 Å². The molecule has 15 heavy (non-hydrogen) atoms. The molecular formula is C13H13NO. The molecule has 2 aromatic carbocycles. The van der Waals surface area contributed by atoms with Gasteiger partial charge < -0.3 is 10.8 Å². The summed E-state index contributed by atoms with van der Waals surface area (Å²) in [5, 5.41) is 9.74. The van der Waals surface area contributed by atoms with Crippen LogP contribution in [0.3, 0.4) is 0 Å². The Bertz CT molecular complexity index is 451. The lowest BCUT2D eigenvalue weighted by Gasteiger charge is -2.06. The predicted molar refractivity (Wildman–Crippen MR) is 61.4 cm³/mol. The third-order valence-corrected chi connectivity index (χ3v) is 2.38. The lowest BCUT2D eigenvalue weighted by molar-refractivity contribution is 0.477. The van der Waals surface area contributed by atoms with Gasteiger partial charge >= 0.3 is 0 Å². The number of phenolic OH excluding ortho intramolecular Hbond substituents is 1. The molecular weight excluding hydrogens is 186 g/mol. The summed E-state index contributed by atoms with van der Waals surface area (Å²) >= 11 is 0. The monoisotopic (exact) mass is 199 g/mol. The molecule has 0 amide bonds. The van der Waals surface area contributed by atoms with E-state index in [1.54, 1.807) is 6.07 Å². The smallest absolute Gasteiger partial charge is 0.123 e. The minimum Gasteiger partial charge on any atom is -0.507 e. The quantitative estimate of drug-likeness (QED) is 0.780. The largest absolute Gasteiger partial charge is 0.507 e. The maximum absolute atomic E-state index is 9.74. The number of aromatic hydroxyl groups is 1. The highest BCUT2D eigenvalue weighted by atomic mass is 16.3. The molecule has 0 radical (unpaired) electrons. The molecule has 0 aliphatic heterocycles. The van der Waals surface area contributed by atoms with Gasteiger partial charge in [-0.3, -0.25) is 0 Å². The molecule has 0 aliphatic carbocycles. The molecule has 0 fully saturated rings. The summed E-state index contributed by atoms with van der Waals surface area (Å²) in [6, 6.07) is 15.2. The summed E-state index contributed by atoms with van der Waals surface area (Å²) in [4.78, 5) is 0. The van der Waals surface area contributed by atoms with Gasteiger partial charge in [0.25, 0.3) is 0 Å². The van der Waals surface area contributed by atoms with Crippen molar-refractivity contribution >= 4 is 0 Å². The highest BCUT2D eigenvalue weighted by Crippen LogP contribution is 2.29. The fourth-order valence-corrected chi connectivity index (χ4v) is 1.56. The topological polar surface area (TPSA) is 46.2 Å². The predicted octanol–water partition coefficient (Wildman–Crippen LogP) is 2.52. The zero-order valence-electron chi connectivity index (χ0n) is 8.35. The molecule has 0 saturated heterocycles. The Morgan fingerprint density at radius 2 is 1.73 bits per heavy atom. The molecule has 76 valence electrons. The Morgan fingerprint density at radius 1 is 1.00 bits per heavy atom. The minimum absolute atomic E-state index is 0.290. The molecule has 2 rings (SSSR count). The van der Waals surface area contributed by atoms with E-state index in [0.717, 1.165) is 16.7 Å². The van der Waals surface area contributed by atoms with Crippen LogP contribution in [-0.2, 0) is 6.54 Å². The van der Waals surface area contributed by atoms with E-state index in [1.165, 1.54) is 0 Å². The van der Waals surface area contributed by atoms with E-state index < -0.39 is 0 Å². The summed E-state index contributed by atoms with van der Waals surface area (Å²) in [6.45, 7) is 0.486. The van der Waals surface area contributed by atoms with Gasteiger partial charge in [0, 0.05) is 12.1 Å². The molecule has 0 aromatic heterocycles. The normalized spacial score (nSPS) is 10.2. The molecule has 3 N–H and O–H groups in total. The van der Waals surface area contributed by atoms with Gasteiger partial charge in [0.15, 0.2) is 0 Å². The average Bonchev–Trinajstić information content (AvgIpc) is 2.31. The van der Waals surface area contributed by atoms with Crippen LogP contribution in [0.1, 0.15) is 5.56 Å². The second kappa shape index (κ2) is 4.15. The Kier molecular flexibility index (Phi) is 2.70. The van der Waals surface area contributed by atoms with Crippen LogP contribution in [0.5, 0.6) is 5.75 Å². The van der Waals surface area contributed by atoms with Crippen LogP contribution in [0.4, 0.5) is 0 Å². The van der Waals surface area contributed by atoms with Crippen molar-refractivity contribution in [3.05, 3.63) is 54.1 Å². The van der Waals surface area contributed by atoms with Gasteiger partial charge in [-0.2, -0.15) is 0 Å². The van der Waals surface area contributed by atoms with E-state index in [2.05, 4.69) is 0 Å². The van der Waals surface area contributed by atoms with Crippen molar-refractivity contribution in [2.45, 2.75) is 6.54 Å². The van der Waals surface area contributed by atoms with E-state index in [0.29, 0.717) is 12.3 Å². The van der Waals surface area contributed by atoms with Crippen LogP contribution < -0.4 is 5.73 Å². The van der Waals surface area contributed by atoms with Crippen LogP contribution in [0.25, 0.3) is 11.1 Å². The second-order valence-electron chi connectivity index (χ2n) is 3.42. The Balaban J connectivity index is 2.52. The third kappa shape index (κ3) is 2.00. The summed E-state index contributed by atoms with van der Waals surface area (Å²) in [5.74, 6) is 0.290. The van der Waals surface area contributed by atoms with Gasteiger partial charge in [0.05, 0.1) is 0 Å². The summed E-state index contributed by atoms with van der Waals surface area (Å²) in [5.41, 5.74) is 8.42. The maximum atomic E-state index is 9.74. The Labute approximate surface area is 89.0 Å². The molecule has 2 aromatic rings. The number of hydrogen-bond donors (Lipinski definition) is 2. The van der Waals surface area contributed by atoms with Gasteiger partial charge in [-0.15, -0.1) is 0 Å². The van der Waals surface area contributed by atoms with E-state index >= 15 is 0 Å². The number of benzene rings is 2. The molecule has 0 saturated carbocycles. The lowest BCUT2D eigenvalue weighted by Crippen LogP contribution is -1.96. The molecule has 0 heterocycles. The molecule has 2 heteroatoms. The van der Waals surface area contributed by atoms with Crippen LogP contribution in [0, 0.1) is 0 Å². The van der Waals surface area contributed by atoms with Crippen molar-refractivity contribution in [1.29, 1.82) is 0 Å². The zero-order chi connectivity index (χ0) is 10.7. The van der Waals surface area contributed by atoms with Crippen LogP contribution in [0.2, 0.25) is 0 Å². The van der Waals surface area contributed by atoms with Crippen molar-refractivity contribution in [2.75, 3.05) is 0 Å². The van der Waals surface area contributed by atoms with Crippen LogP contribution in [-0.4, -0.2) is 5.11 Å². The van der Waals surface area contributed by atoms with Crippen molar-refractivity contribution in [1.82, 2.24) is 0 Å². The Morgan fingerprint density at radius 3 is 2.40 bits per heavy atom. The minimum atomic E-state index is 0.290. The number of nitrogens with two attached hydrogens (primary N) is 1. The standard InChI is InChI=1S/C13H13NO/c14-9-10-6-7-13(15)12(8-10)11-4-2-1-3-5-11/h1-8,15H,9,14H2. The maximum Gasteiger partial charge on any atom is 0.123 e. The summed E-state index contributed by atoms with van der Waals surface area (Å²) in [7, 11) is 0. The molecule has 0 aliphatic rings. The van der Waals surface area contributed by atoms with E-state index in [4.69, 9.17) is 5.73 Å². The molecule has 2 nitrogen and oxygen atoms in total. The van der Waals surface area contributed by atoms with E-state index in [-0.39, 0.29) is 0 Å². The van der Waals surface area contributed by atoms with Gasteiger partial charge in [-0.25, -0.2) is 0 Å². The highest BCUT2D eigenvalue weighted by Gasteiger charge is 2.03. The van der Waals surface area contributed by atoms with Crippen LogP contribution >= 0.6 is 0 Å². The van der Waals surface area contributed by atoms with Crippen molar-refractivity contribution in [3.63, 3.8) is 0 Å². The molecule has 0 spiro atoms. The SMILES string of the molecule is NCc1ccc(O)c(-c2ccccc2)c1. The third-order valence-electron chi connectivity index (χ3n) is 2.38. The number of hydrogen-bond acceptors (Lipinski definition) is 2. The van der Waals surface area contributed by atoms with Crippen molar-refractivity contribution in [3.8, 4) is 16.9 Å². The molecule has 0 bridgehead atoms. The van der Waals surface area contributed by atoms with E-state index in [1.807, 2.05) is 42.5 Å². The first-order valence-corrected chi connectivity index (χ1v) is 4.88. The first-order valence-electron chi connectivity index (χ1n) is 4.88. The molecule has 0 atom stereocenters. The fourth-order valence-electron chi connectivity index (χ4n) is 1.56. The highest BCUT2D eigenvalue weighted by molar-refractivity contribution is 5.70. The van der Waals surface area contributed by atoms with Gasteiger partial charge in [-0.05, 0) is 23.3 Å². The van der Waals surface area contributed by atoms with Crippen molar-refractivity contribution < 1.29 is 5.11 Å². The first kappa shape index (κ1) is 9.74. The summed E-state index contributed by atoms with van der Waals surface area (Å²) < 4.78 is 0. The zero-order valence-corrected chi connectivity index (χ0v) is 8.35. The molecule has 0 unspecified atom stereocenters. The van der Waals surface area contributed by atoms with Gasteiger partial charge in [0.2, 0.25) is 0 Å².